The van der Waals surface area contributed by atoms with Crippen molar-refractivity contribution in [1.82, 2.24) is 9.97 Å². The van der Waals surface area contributed by atoms with Crippen molar-refractivity contribution in [3.8, 4) is 0 Å². The largest absolute Gasteiger partial charge is 0.392 e. The predicted octanol–water partition coefficient (Wildman–Crippen LogP) is 3.03. The third kappa shape index (κ3) is 3.98. The van der Waals surface area contributed by atoms with Crippen LogP contribution < -0.4 is 9.80 Å². The van der Waals surface area contributed by atoms with Crippen LogP contribution in [-0.4, -0.2) is 41.3 Å². The molecule has 1 atom stereocenters. The highest BCUT2D eigenvalue weighted by atomic mass is 16.3. The summed E-state index contributed by atoms with van der Waals surface area (Å²) in [5.41, 5.74) is 2.32. The zero-order valence-corrected chi connectivity index (χ0v) is 15.3. The molecule has 0 radical (unpaired) electrons. The van der Waals surface area contributed by atoms with Gasteiger partial charge in [0.15, 0.2) is 0 Å². The van der Waals surface area contributed by atoms with E-state index in [-0.39, 0.29) is 6.61 Å². The fourth-order valence-corrected chi connectivity index (χ4v) is 4.20. The second kappa shape index (κ2) is 8.04. The molecule has 0 spiro atoms. The van der Waals surface area contributed by atoms with E-state index in [4.69, 9.17) is 0 Å². The molecular formula is C21H28N4O. The quantitative estimate of drug-likeness (QED) is 0.896. The maximum atomic E-state index is 9.32. The summed E-state index contributed by atoms with van der Waals surface area (Å²) in [6.07, 6.45) is 7.83. The maximum Gasteiger partial charge on any atom is 0.134 e. The molecular weight excluding hydrogens is 324 g/mol. The number of benzene rings is 1. The number of nitrogens with zero attached hydrogens (tertiary/aromatic N) is 4. The number of aliphatic hydroxyl groups excluding tert-OH is 1. The molecule has 138 valence electrons. The molecule has 2 aliphatic rings. The summed E-state index contributed by atoms with van der Waals surface area (Å²) < 4.78 is 0. The lowest BCUT2D eigenvalue weighted by molar-refractivity contribution is 0.281. The predicted molar refractivity (Wildman–Crippen MR) is 104 cm³/mol. The second-order valence-corrected chi connectivity index (χ2v) is 7.57. The molecule has 2 aliphatic heterocycles. The van der Waals surface area contributed by atoms with E-state index >= 15 is 0 Å². The molecule has 4 rings (SSSR count). The maximum absolute atomic E-state index is 9.32. The molecule has 1 unspecified atom stereocenters. The fraction of sp³-hybridized carbons (Fsp3) is 0.524. The molecule has 1 aromatic carbocycles. The van der Waals surface area contributed by atoms with Gasteiger partial charge in [-0.05, 0) is 49.1 Å². The molecule has 5 heteroatoms. The Labute approximate surface area is 155 Å². The number of aromatic nitrogens is 2. The summed E-state index contributed by atoms with van der Waals surface area (Å²) >= 11 is 0. The Bertz CT molecular complexity index is 729. The molecule has 0 amide bonds. The minimum atomic E-state index is 0.116. The van der Waals surface area contributed by atoms with E-state index in [1.54, 1.807) is 6.33 Å². The first kappa shape index (κ1) is 17.3. The third-order valence-corrected chi connectivity index (χ3v) is 5.63. The van der Waals surface area contributed by atoms with Gasteiger partial charge in [-0.2, -0.15) is 0 Å². The lowest BCUT2D eigenvalue weighted by Crippen LogP contribution is -2.30. The van der Waals surface area contributed by atoms with Gasteiger partial charge in [0, 0.05) is 32.2 Å². The Kier molecular flexibility index (Phi) is 5.34. The molecule has 0 aliphatic carbocycles. The summed E-state index contributed by atoms with van der Waals surface area (Å²) in [6, 6.07) is 10.5. The van der Waals surface area contributed by atoms with Gasteiger partial charge in [0.25, 0.3) is 0 Å². The molecule has 0 bridgehead atoms. The monoisotopic (exact) mass is 352 g/mol. The molecule has 1 N–H and O–H groups in total. The van der Waals surface area contributed by atoms with Gasteiger partial charge in [0.2, 0.25) is 0 Å². The van der Waals surface area contributed by atoms with E-state index in [0.29, 0.717) is 5.92 Å². The zero-order valence-electron chi connectivity index (χ0n) is 15.3. The van der Waals surface area contributed by atoms with E-state index in [0.717, 1.165) is 49.8 Å². The van der Waals surface area contributed by atoms with Crippen molar-refractivity contribution >= 4 is 11.6 Å². The lowest BCUT2D eigenvalue weighted by atomic mass is 9.97. The van der Waals surface area contributed by atoms with Crippen LogP contribution in [0.2, 0.25) is 0 Å². The standard InChI is InChI=1S/C21H28N4O/c26-15-19-6-4-5-17(12-19)11-18-7-10-25(14-18)21-13-20(22-16-23-21)24-8-2-1-3-9-24/h4-6,12-13,16,18,26H,1-3,7-11,14-15H2. The summed E-state index contributed by atoms with van der Waals surface area (Å²) in [5, 5.41) is 9.32. The van der Waals surface area contributed by atoms with E-state index in [2.05, 4.69) is 38.0 Å². The fourth-order valence-electron chi connectivity index (χ4n) is 4.20. The van der Waals surface area contributed by atoms with Crippen LogP contribution in [0.4, 0.5) is 11.6 Å². The van der Waals surface area contributed by atoms with Crippen LogP contribution in [-0.2, 0) is 13.0 Å². The minimum Gasteiger partial charge on any atom is -0.392 e. The molecule has 1 aromatic heterocycles. The first-order chi connectivity index (χ1) is 12.8. The van der Waals surface area contributed by atoms with Crippen LogP contribution in [0.15, 0.2) is 36.7 Å². The van der Waals surface area contributed by atoms with Gasteiger partial charge < -0.3 is 14.9 Å². The Morgan fingerprint density at radius 1 is 0.923 bits per heavy atom. The van der Waals surface area contributed by atoms with Crippen LogP contribution in [0, 0.1) is 5.92 Å². The second-order valence-electron chi connectivity index (χ2n) is 7.57. The van der Waals surface area contributed by atoms with Gasteiger partial charge in [-0.1, -0.05) is 24.3 Å². The first-order valence-electron chi connectivity index (χ1n) is 9.82. The number of hydrogen-bond acceptors (Lipinski definition) is 5. The van der Waals surface area contributed by atoms with Crippen molar-refractivity contribution in [3.05, 3.63) is 47.8 Å². The average molecular weight is 352 g/mol. The van der Waals surface area contributed by atoms with Crippen molar-refractivity contribution in [2.75, 3.05) is 36.0 Å². The number of aliphatic hydroxyl groups is 1. The number of hydrogen-bond donors (Lipinski definition) is 1. The number of rotatable bonds is 5. The van der Waals surface area contributed by atoms with Crippen LogP contribution in [0.1, 0.15) is 36.8 Å². The molecule has 2 fully saturated rings. The van der Waals surface area contributed by atoms with Crippen molar-refractivity contribution in [2.24, 2.45) is 5.92 Å². The van der Waals surface area contributed by atoms with Gasteiger partial charge in [0.1, 0.15) is 18.0 Å². The van der Waals surface area contributed by atoms with Crippen molar-refractivity contribution in [1.29, 1.82) is 0 Å². The smallest absolute Gasteiger partial charge is 0.134 e. The van der Waals surface area contributed by atoms with Gasteiger partial charge in [0.05, 0.1) is 6.61 Å². The van der Waals surface area contributed by atoms with Gasteiger partial charge in [-0.25, -0.2) is 9.97 Å². The molecule has 3 heterocycles. The Morgan fingerprint density at radius 3 is 2.50 bits per heavy atom. The first-order valence-corrected chi connectivity index (χ1v) is 9.82. The highest BCUT2D eigenvalue weighted by molar-refractivity contribution is 5.51. The number of piperidine rings is 1. The SMILES string of the molecule is OCc1cccc(CC2CCN(c3cc(N4CCCCC4)ncn3)C2)c1. The molecule has 2 aromatic rings. The summed E-state index contributed by atoms with van der Waals surface area (Å²) in [5.74, 6) is 2.78. The Morgan fingerprint density at radius 2 is 1.69 bits per heavy atom. The zero-order chi connectivity index (χ0) is 17.8. The van der Waals surface area contributed by atoms with E-state index in [9.17, 15) is 5.11 Å². The lowest BCUT2D eigenvalue weighted by Gasteiger charge is -2.28. The van der Waals surface area contributed by atoms with Gasteiger partial charge >= 0.3 is 0 Å². The minimum absolute atomic E-state index is 0.116. The molecule has 2 saturated heterocycles. The Hall–Kier alpha value is -2.14. The molecule has 26 heavy (non-hydrogen) atoms. The average Bonchev–Trinajstić information content (AvgIpc) is 3.17. The normalized spacial score (nSPS) is 20.6. The highest BCUT2D eigenvalue weighted by Gasteiger charge is 2.24. The van der Waals surface area contributed by atoms with E-state index in [1.807, 2.05) is 12.1 Å². The highest BCUT2D eigenvalue weighted by Crippen LogP contribution is 2.27. The van der Waals surface area contributed by atoms with Gasteiger partial charge in [-0.3, -0.25) is 0 Å². The summed E-state index contributed by atoms with van der Waals surface area (Å²) in [6.45, 7) is 4.44. The molecule has 5 nitrogen and oxygen atoms in total. The van der Waals surface area contributed by atoms with E-state index < -0.39 is 0 Å². The van der Waals surface area contributed by atoms with Crippen LogP contribution in [0.3, 0.4) is 0 Å². The molecule has 0 saturated carbocycles. The van der Waals surface area contributed by atoms with Crippen molar-refractivity contribution < 1.29 is 5.11 Å². The third-order valence-electron chi connectivity index (χ3n) is 5.63. The van der Waals surface area contributed by atoms with Crippen LogP contribution in [0.5, 0.6) is 0 Å². The van der Waals surface area contributed by atoms with Crippen LogP contribution in [0.25, 0.3) is 0 Å². The van der Waals surface area contributed by atoms with E-state index in [1.165, 1.54) is 31.2 Å². The number of anilines is 2. The summed E-state index contributed by atoms with van der Waals surface area (Å²) in [7, 11) is 0. The van der Waals surface area contributed by atoms with Crippen molar-refractivity contribution in [3.63, 3.8) is 0 Å². The van der Waals surface area contributed by atoms with Gasteiger partial charge in [-0.15, -0.1) is 0 Å². The topological polar surface area (TPSA) is 52.5 Å². The Balaban J connectivity index is 1.40. The summed E-state index contributed by atoms with van der Waals surface area (Å²) in [4.78, 5) is 13.8. The van der Waals surface area contributed by atoms with Crippen LogP contribution >= 0.6 is 0 Å². The van der Waals surface area contributed by atoms with Crippen molar-refractivity contribution in [2.45, 2.75) is 38.7 Å².